The van der Waals surface area contributed by atoms with Gasteiger partial charge in [-0.3, -0.25) is 4.79 Å². The van der Waals surface area contributed by atoms with Crippen molar-refractivity contribution in [3.63, 3.8) is 0 Å². The molecule has 0 aliphatic rings. The average molecular weight is 376 g/mol. The van der Waals surface area contributed by atoms with Gasteiger partial charge in [-0.25, -0.2) is 13.1 Å². The number of anilines is 1. The first-order valence-electron chi connectivity index (χ1n) is 8.12. The highest BCUT2D eigenvalue weighted by Gasteiger charge is 2.26. The number of methoxy groups -OCH3 is 1. The Labute approximate surface area is 154 Å². The largest absolute Gasteiger partial charge is 0.495 e. The molecule has 6 nitrogen and oxygen atoms in total. The van der Waals surface area contributed by atoms with Crippen LogP contribution < -0.4 is 14.8 Å². The summed E-state index contributed by atoms with van der Waals surface area (Å²) < 4.78 is 33.1. The maximum absolute atomic E-state index is 12.7. The number of sulfonamides is 1. The molecule has 140 valence electrons. The predicted molar refractivity (Wildman–Crippen MR) is 102 cm³/mol. The van der Waals surface area contributed by atoms with Crippen LogP contribution in [0.3, 0.4) is 0 Å². The van der Waals surface area contributed by atoms with Crippen LogP contribution in [-0.4, -0.2) is 27.0 Å². The Balaban J connectivity index is 2.38. The fraction of sp³-hybridized carbons (Fsp3) is 0.316. The number of benzene rings is 2. The molecule has 0 atom stereocenters. The van der Waals surface area contributed by atoms with E-state index in [4.69, 9.17) is 4.74 Å². The second-order valence-electron chi connectivity index (χ2n) is 7.04. The molecule has 0 aliphatic heterocycles. The number of aryl methyl sites for hydroxylation is 1. The second kappa shape index (κ2) is 7.47. The van der Waals surface area contributed by atoms with E-state index < -0.39 is 21.5 Å². The van der Waals surface area contributed by atoms with E-state index in [2.05, 4.69) is 10.0 Å². The summed E-state index contributed by atoms with van der Waals surface area (Å²) in [5, 5.41) is 2.77. The van der Waals surface area contributed by atoms with Crippen LogP contribution in [0.4, 0.5) is 5.69 Å². The van der Waals surface area contributed by atoms with Gasteiger partial charge in [-0.15, -0.1) is 0 Å². The number of carbonyl (C=O) groups is 1. The summed E-state index contributed by atoms with van der Waals surface area (Å²) in [6.45, 7) is 7.15. The van der Waals surface area contributed by atoms with Gasteiger partial charge < -0.3 is 10.1 Å². The fourth-order valence-electron chi connectivity index (χ4n) is 2.41. The Morgan fingerprint density at radius 1 is 1.08 bits per heavy atom. The lowest BCUT2D eigenvalue weighted by molar-refractivity contribution is 0.102. The lowest BCUT2D eigenvalue weighted by Gasteiger charge is -2.21. The third-order valence-electron chi connectivity index (χ3n) is 3.43. The first kappa shape index (κ1) is 19.9. The van der Waals surface area contributed by atoms with Gasteiger partial charge in [0.2, 0.25) is 10.0 Å². The lowest BCUT2D eigenvalue weighted by Crippen LogP contribution is -2.40. The maximum atomic E-state index is 12.7. The number of hydrogen-bond donors (Lipinski definition) is 2. The quantitative estimate of drug-likeness (QED) is 0.838. The van der Waals surface area contributed by atoms with E-state index in [0.717, 1.165) is 5.56 Å². The minimum atomic E-state index is -3.85. The van der Waals surface area contributed by atoms with Crippen molar-refractivity contribution in [3.05, 3.63) is 53.6 Å². The van der Waals surface area contributed by atoms with Gasteiger partial charge in [0.05, 0.1) is 7.11 Å². The molecule has 0 fully saturated rings. The first-order valence-corrected chi connectivity index (χ1v) is 9.60. The van der Waals surface area contributed by atoms with Crippen molar-refractivity contribution in [2.24, 2.45) is 0 Å². The van der Waals surface area contributed by atoms with Gasteiger partial charge in [0, 0.05) is 16.8 Å². The zero-order valence-electron chi connectivity index (χ0n) is 15.6. The van der Waals surface area contributed by atoms with Crippen LogP contribution in [0.15, 0.2) is 47.4 Å². The predicted octanol–water partition coefficient (Wildman–Crippen LogP) is 3.33. The number of carbonyl (C=O) groups excluding carboxylic acids is 1. The van der Waals surface area contributed by atoms with E-state index in [-0.39, 0.29) is 16.2 Å². The number of hydrogen-bond acceptors (Lipinski definition) is 4. The molecule has 7 heteroatoms. The third-order valence-corrected chi connectivity index (χ3v) is 5.21. The van der Waals surface area contributed by atoms with Gasteiger partial charge >= 0.3 is 0 Å². The van der Waals surface area contributed by atoms with E-state index >= 15 is 0 Å². The molecule has 2 aromatic carbocycles. The SMILES string of the molecule is COc1ccc(C(=O)Nc2cccc(C)c2)cc1S(=O)(=O)NC(C)(C)C. The van der Waals surface area contributed by atoms with Crippen molar-refractivity contribution < 1.29 is 17.9 Å². The normalized spacial score (nSPS) is 11.9. The number of amides is 1. The Morgan fingerprint density at radius 3 is 2.35 bits per heavy atom. The van der Waals surface area contributed by atoms with Crippen LogP contribution in [0.2, 0.25) is 0 Å². The van der Waals surface area contributed by atoms with Crippen LogP contribution >= 0.6 is 0 Å². The lowest BCUT2D eigenvalue weighted by atomic mass is 10.1. The summed E-state index contributed by atoms with van der Waals surface area (Å²) in [5.41, 5.74) is 1.21. The zero-order valence-corrected chi connectivity index (χ0v) is 16.4. The van der Waals surface area contributed by atoms with Crippen molar-refractivity contribution in [3.8, 4) is 5.75 Å². The molecule has 2 aromatic rings. The molecular formula is C19H24N2O4S. The number of nitrogens with one attached hydrogen (secondary N) is 2. The molecule has 0 heterocycles. The monoisotopic (exact) mass is 376 g/mol. The maximum Gasteiger partial charge on any atom is 0.255 e. The smallest absolute Gasteiger partial charge is 0.255 e. The van der Waals surface area contributed by atoms with Crippen molar-refractivity contribution in [2.45, 2.75) is 38.1 Å². The summed E-state index contributed by atoms with van der Waals surface area (Å²) >= 11 is 0. The van der Waals surface area contributed by atoms with E-state index in [0.29, 0.717) is 5.69 Å². The molecule has 0 spiro atoms. The molecule has 1 amide bonds. The van der Waals surface area contributed by atoms with Crippen molar-refractivity contribution >= 4 is 21.6 Å². The van der Waals surface area contributed by atoms with Gasteiger partial charge in [0.15, 0.2) is 0 Å². The van der Waals surface area contributed by atoms with Crippen molar-refractivity contribution in [1.29, 1.82) is 0 Å². The highest BCUT2D eigenvalue weighted by molar-refractivity contribution is 7.89. The minimum absolute atomic E-state index is 0.0770. The van der Waals surface area contributed by atoms with Crippen LogP contribution in [0.25, 0.3) is 0 Å². The molecule has 0 saturated carbocycles. The summed E-state index contributed by atoms with van der Waals surface area (Å²) in [6.07, 6.45) is 0. The summed E-state index contributed by atoms with van der Waals surface area (Å²) in [4.78, 5) is 12.4. The fourth-order valence-corrected chi connectivity index (χ4v) is 4.03. The molecule has 0 aromatic heterocycles. The van der Waals surface area contributed by atoms with Crippen LogP contribution in [-0.2, 0) is 10.0 Å². The van der Waals surface area contributed by atoms with E-state index in [1.165, 1.54) is 25.3 Å². The first-order chi connectivity index (χ1) is 12.0. The highest BCUT2D eigenvalue weighted by Crippen LogP contribution is 2.26. The molecule has 26 heavy (non-hydrogen) atoms. The molecule has 0 radical (unpaired) electrons. The van der Waals surface area contributed by atoms with Gasteiger partial charge in [-0.2, -0.15) is 0 Å². The summed E-state index contributed by atoms with van der Waals surface area (Å²) in [7, 11) is -2.46. The summed E-state index contributed by atoms with van der Waals surface area (Å²) in [5.74, 6) is -0.223. The average Bonchev–Trinajstić information content (AvgIpc) is 2.52. The molecule has 2 N–H and O–H groups in total. The van der Waals surface area contributed by atoms with E-state index in [9.17, 15) is 13.2 Å². The Morgan fingerprint density at radius 2 is 1.77 bits per heavy atom. The molecule has 0 aliphatic carbocycles. The highest BCUT2D eigenvalue weighted by atomic mass is 32.2. The molecular weight excluding hydrogens is 352 g/mol. The van der Waals surface area contributed by atoms with Gasteiger partial charge in [0.1, 0.15) is 10.6 Å². The zero-order chi connectivity index (χ0) is 19.5. The molecule has 0 saturated heterocycles. The third kappa shape index (κ3) is 5.06. The Hall–Kier alpha value is -2.38. The van der Waals surface area contributed by atoms with Crippen molar-refractivity contribution in [1.82, 2.24) is 4.72 Å². The Bertz CT molecular complexity index is 915. The minimum Gasteiger partial charge on any atom is -0.495 e. The van der Waals surface area contributed by atoms with Crippen LogP contribution in [0, 0.1) is 6.92 Å². The second-order valence-corrected chi connectivity index (χ2v) is 8.70. The number of rotatable bonds is 5. The Kier molecular flexibility index (Phi) is 5.73. The van der Waals surface area contributed by atoms with Crippen molar-refractivity contribution in [2.75, 3.05) is 12.4 Å². The van der Waals surface area contributed by atoms with Gasteiger partial charge in [-0.05, 0) is 63.6 Å². The van der Waals surface area contributed by atoms with Crippen LogP contribution in [0.5, 0.6) is 5.75 Å². The van der Waals surface area contributed by atoms with E-state index in [1.807, 2.05) is 25.1 Å². The molecule has 2 rings (SSSR count). The number of ether oxygens (including phenoxy) is 1. The van der Waals surface area contributed by atoms with Gasteiger partial charge in [0.25, 0.3) is 5.91 Å². The van der Waals surface area contributed by atoms with Crippen LogP contribution in [0.1, 0.15) is 36.7 Å². The molecule has 0 unspecified atom stereocenters. The van der Waals surface area contributed by atoms with Gasteiger partial charge in [-0.1, -0.05) is 12.1 Å². The topological polar surface area (TPSA) is 84.5 Å². The summed E-state index contributed by atoms with van der Waals surface area (Å²) in [6, 6.07) is 11.7. The van der Waals surface area contributed by atoms with E-state index in [1.54, 1.807) is 26.8 Å². The standard InChI is InChI=1S/C19H24N2O4S/c1-13-7-6-8-15(11-13)20-18(22)14-9-10-16(25-5)17(12-14)26(23,24)21-19(2,3)4/h6-12,21H,1-5H3,(H,20,22). The molecule has 0 bridgehead atoms.